The van der Waals surface area contributed by atoms with Gasteiger partial charge in [-0.05, 0) is 23.6 Å². The molecule has 2 nitrogen and oxygen atoms in total. The molecule has 0 aromatic heterocycles. The van der Waals surface area contributed by atoms with Gasteiger partial charge in [-0.2, -0.15) is 0 Å². The SMILES string of the molecule is CC.CC(C)C(N)c1ccc(N(C)C)cc1. The van der Waals surface area contributed by atoms with Gasteiger partial charge in [0.25, 0.3) is 0 Å². The zero-order chi connectivity index (χ0) is 12.7. The molecule has 1 rings (SSSR count). The lowest BCUT2D eigenvalue weighted by Crippen LogP contribution is -2.17. The van der Waals surface area contributed by atoms with Crippen LogP contribution in [0, 0.1) is 5.92 Å². The number of hydrogen-bond donors (Lipinski definition) is 1. The van der Waals surface area contributed by atoms with Gasteiger partial charge in [0, 0.05) is 25.8 Å². The average Bonchev–Trinajstić information content (AvgIpc) is 2.30. The molecule has 0 radical (unpaired) electrons. The van der Waals surface area contributed by atoms with E-state index >= 15 is 0 Å². The molecule has 0 saturated carbocycles. The van der Waals surface area contributed by atoms with E-state index in [1.54, 1.807) is 0 Å². The summed E-state index contributed by atoms with van der Waals surface area (Å²) in [4.78, 5) is 2.09. The maximum absolute atomic E-state index is 6.05. The van der Waals surface area contributed by atoms with Crippen LogP contribution < -0.4 is 10.6 Å². The predicted octanol–water partition coefficient (Wildman–Crippen LogP) is 3.43. The Kier molecular flexibility index (Phi) is 6.82. The van der Waals surface area contributed by atoms with E-state index in [9.17, 15) is 0 Å². The molecule has 2 heteroatoms. The first kappa shape index (κ1) is 15.0. The minimum Gasteiger partial charge on any atom is -0.378 e. The molecule has 0 spiro atoms. The van der Waals surface area contributed by atoms with Crippen LogP contribution in [-0.4, -0.2) is 14.1 Å². The highest BCUT2D eigenvalue weighted by Crippen LogP contribution is 2.21. The third-order valence-corrected chi connectivity index (χ3v) is 2.51. The highest BCUT2D eigenvalue weighted by atomic mass is 15.1. The highest BCUT2D eigenvalue weighted by Gasteiger charge is 2.09. The van der Waals surface area contributed by atoms with Crippen molar-refractivity contribution in [2.24, 2.45) is 11.7 Å². The van der Waals surface area contributed by atoms with Crippen LogP contribution in [0.15, 0.2) is 24.3 Å². The molecular formula is C14H26N2. The Labute approximate surface area is 100 Å². The van der Waals surface area contributed by atoms with Crippen molar-refractivity contribution >= 4 is 5.69 Å². The summed E-state index contributed by atoms with van der Waals surface area (Å²) in [6.07, 6.45) is 0. The summed E-state index contributed by atoms with van der Waals surface area (Å²) in [5.74, 6) is 0.486. The Morgan fingerprint density at radius 1 is 1.00 bits per heavy atom. The maximum Gasteiger partial charge on any atom is 0.0361 e. The van der Waals surface area contributed by atoms with Gasteiger partial charge in [-0.1, -0.05) is 39.8 Å². The molecule has 1 aromatic rings. The fourth-order valence-corrected chi connectivity index (χ4v) is 1.38. The molecule has 0 aliphatic rings. The smallest absolute Gasteiger partial charge is 0.0361 e. The number of benzene rings is 1. The van der Waals surface area contributed by atoms with Gasteiger partial charge in [-0.15, -0.1) is 0 Å². The van der Waals surface area contributed by atoms with Crippen LogP contribution in [0.25, 0.3) is 0 Å². The maximum atomic E-state index is 6.05. The minimum atomic E-state index is 0.145. The molecule has 1 aromatic carbocycles. The van der Waals surface area contributed by atoms with Crippen molar-refractivity contribution in [1.82, 2.24) is 0 Å². The molecule has 0 aliphatic heterocycles. The molecule has 1 unspecified atom stereocenters. The number of nitrogens with two attached hydrogens (primary N) is 1. The van der Waals surface area contributed by atoms with Crippen LogP contribution >= 0.6 is 0 Å². The molecule has 0 saturated heterocycles. The van der Waals surface area contributed by atoms with E-state index in [2.05, 4.69) is 43.0 Å². The second-order valence-corrected chi connectivity index (χ2v) is 4.26. The van der Waals surface area contributed by atoms with E-state index in [1.807, 2.05) is 27.9 Å². The highest BCUT2D eigenvalue weighted by molar-refractivity contribution is 5.46. The Balaban J connectivity index is 0.00000106. The van der Waals surface area contributed by atoms with Crippen molar-refractivity contribution in [3.8, 4) is 0 Å². The molecule has 0 heterocycles. The second-order valence-electron chi connectivity index (χ2n) is 4.26. The largest absolute Gasteiger partial charge is 0.378 e. The van der Waals surface area contributed by atoms with Gasteiger partial charge in [0.15, 0.2) is 0 Å². The quantitative estimate of drug-likeness (QED) is 0.849. The Morgan fingerprint density at radius 2 is 1.44 bits per heavy atom. The fraction of sp³-hybridized carbons (Fsp3) is 0.571. The molecular weight excluding hydrogens is 196 g/mol. The number of rotatable bonds is 3. The Hall–Kier alpha value is -1.02. The molecule has 0 bridgehead atoms. The lowest BCUT2D eigenvalue weighted by Gasteiger charge is -2.18. The molecule has 0 aliphatic carbocycles. The number of hydrogen-bond acceptors (Lipinski definition) is 2. The lowest BCUT2D eigenvalue weighted by atomic mass is 9.97. The number of nitrogens with zero attached hydrogens (tertiary/aromatic N) is 1. The van der Waals surface area contributed by atoms with Crippen molar-refractivity contribution in [1.29, 1.82) is 0 Å². The van der Waals surface area contributed by atoms with Crippen LogP contribution in [0.5, 0.6) is 0 Å². The van der Waals surface area contributed by atoms with E-state index in [1.165, 1.54) is 11.3 Å². The van der Waals surface area contributed by atoms with Crippen molar-refractivity contribution in [2.75, 3.05) is 19.0 Å². The lowest BCUT2D eigenvalue weighted by molar-refractivity contribution is 0.514. The van der Waals surface area contributed by atoms with Gasteiger partial charge in [0.05, 0.1) is 0 Å². The summed E-state index contributed by atoms with van der Waals surface area (Å²) < 4.78 is 0. The normalized spacial score (nSPS) is 11.8. The van der Waals surface area contributed by atoms with Gasteiger partial charge in [0.2, 0.25) is 0 Å². The number of anilines is 1. The first-order chi connectivity index (χ1) is 7.52. The van der Waals surface area contributed by atoms with Gasteiger partial charge in [-0.25, -0.2) is 0 Å². The Morgan fingerprint density at radius 3 is 1.75 bits per heavy atom. The third-order valence-electron chi connectivity index (χ3n) is 2.51. The summed E-state index contributed by atoms with van der Waals surface area (Å²) in [6.45, 7) is 8.29. The van der Waals surface area contributed by atoms with E-state index in [0.29, 0.717) is 5.92 Å². The van der Waals surface area contributed by atoms with Gasteiger partial charge >= 0.3 is 0 Å². The van der Waals surface area contributed by atoms with E-state index in [4.69, 9.17) is 5.73 Å². The van der Waals surface area contributed by atoms with E-state index < -0.39 is 0 Å². The summed E-state index contributed by atoms with van der Waals surface area (Å²) in [7, 11) is 4.08. The van der Waals surface area contributed by atoms with Crippen molar-refractivity contribution < 1.29 is 0 Å². The topological polar surface area (TPSA) is 29.3 Å². The standard InChI is InChI=1S/C12H20N2.C2H6/c1-9(2)12(13)10-5-7-11(8-6-10)14(3)4;1-2/h5-9,12H,13H2,1-4H3;1-2H3. The van der Waals surface area contributed by atoms with Crippen molar-refractivity contribution in [3.05, 3.63) is 29.8 Å². The second kappa shape index (κ2) is 7.29. The molecule has 92 valence electrons. The van der Waals surface area contributed by atoms with Crippen LogP contribution in [0.1, 0.15) is 39.3 Å². The summed E-state index contributed by atoms with van der Waals surface area (Å²) in [5.41, 5.74) is 8.48. The molecule has 1 atom stereocenters. The zero-order valence-corrected chi connectivity index (χ0v) is 11.5. The van der Waals surface area contributed by atoms with Gasteiger partial charge in [-0.3, -0.25) is 0 Å². The molecule has 2 N–H and O–H groups in total. The molecule has 0 fully saturated rings. The van der Waals surface area contributed by atoms with Crippen LogP contribution in [0.3, 0.4) is 0 Å². The monoisotopic (exact) mass is 222 g/mol. The average molecular weight is 222 g/mol. The first-order valence-electron chi connectivity index (χ1n) is 6.05. The summed E-state index contributed by atoms with van der Waals surface area (Å²) in [6, 6.07) is 8.58. The Bertz CT molecular complexity index is 275. The minimum absolute atomic E-state index is 0.145. The fourth-order valence-electron chi connectivity index (χ4n) is 1.38. The molecule has 16 heavy (non-hydrogen) atoms. The summed E-state index contributed by atoms with van der Waals surface area (Å²) in [5, 5.41) is 0. The molecule has 0 amide bonds. The predicted molar refractivity (Wildman–Crippen MR) is 73.9 cm³/mol. The van der Waals surface area contributed by atoms with Gasteiger partial charge in [0.1, 0.15) is 0 Å². The van der Waals surface area contributed by atoms with Crippen LogP contribution in [0.4, 0.5) is 5.69 Å². The zero-order valence-electron chi connectivity index (χ0n) is 11.5. The summed E-state index contributed by atoms with van der Waals surface area (Å²) >= 11 is 0. The van der Waals surface area contributed by atoms with Crippen LogP contribution in [0.2, 0.25) is 0 Å². The van der Waals surface area contributed by atoms with E-state index in [0.717, 1.165) is 0 Å². The first-order valence-corrected chi connectivity index (χ1v) is 6.05. The van der Waals surface area contributed by atoms with Crippen molar-refractivity contribution in [3.63, 3.8) is 0 Å². The van der Waals surface area contributed by atoms with E-state index in [-0.39, 0.29) is 6.04 Å². The van der Waals surface area contributed by atoms with Gasteiger partial charge < -0.3 is 10.6 Å². The third kappa shape index (κ3) is 4.23. The van der Waals surface area contributed by atoms with Crippen molar-refractivity contribution in [2.45, 2.75) is 33.7 Å². The van der Waals surface area contributed by atoms with Crippen LogP contribution in [-0.2, 0) is 0 Å².